The Kier molecular flexibility index (Phi) is 15.6. The number of amides is 5. The summed E-state index contributed by atoms with van der Waals surface area (Å²) in [6.45, 7) is 8.46. The predicted octanol–water partition coefficient (Wildman–Crippen LogP) is -1.76. The zero-order valence-corrected chi connectivity index (χ0v) is 28.5. The van der Waals surface area contributed by atoms with Crippen molar-refractivity contribution >= 4 is 41.5 Å². The van der Waals surface area contributed by atoms with Crippen molar-refractivity contribution in [2.75, 3.05) is 6.54 Å². The number of aliphatic carboxylic acids is 2. The van der Waals surface area contributed by atoms with Crippen LogP contribution in [0.25, 0.3) is 0 Å². The van der Waals surface area contributed by atoms with Gasteiger partial charge in [0.1, 0.15) is 30.2 Å². The highest BCUT2D eigenvalue weighted by Crippen LogP contribution is 2.20. The zero-order chi connectivity index (χ0) is 37.0. The summed E-state index contributed by atoms with van der Waals surface area (Å²) in [4.78, 5) is 97.2. The second kappa shape index (κ2) is 18.8. The molecule has 1 aliphatic rings. The van der Waals surface area contributed by atoms with Crippen LogP contribution in [0.1, 0.15) is 72.4 Å². The first-order valence-electron chi connectivity index (χ1n) is 16.3. The Morgan fingerprint density at radius 3 is 2.10 bits per heavy atom. The predicted molar refractivity (Wildman–Crippen MR) is 173 cm³/mol. The minimum Gasteiger partial charge on any atom is -0.481 e. The van der Waals surface area contributed by atoms with Gasteiger partial charge in [0.2, 0.25) is 29.5 Å². The van der Waals surface area contributed by atoms with E-state index in [-0.39, 0.29) is 44.1 Å². The molecule has 18 nitrogen and oxygen atoms in total. The number of H-pyrrole nitrogens is 1. The fourth-order valence-corrected chi connectivity index (χ4v) is 5.29. The summed E-state index contributed by atoms with van der Waals surface area (Å²) in [6.07, 6.45) is 1.23. The summed E-state index contributed by atoms with van der Waals surface area (Å²) >= 11 is 0. The quantitative estimate of drug-likeness (QED) is 0.0779. The van der Waals surface area contributed by atoms with Gasteiger partial charge in [-0.05, 0) is 44.4 Å². The molecular formula is C31H50N8O10. The lowest BCUT2D eigenvalue weighted by atomic mass is 10.0. The molecule has 49 heavy (non-hydrogen) atoms. The molecule has 2 heterocycles. The monoisotopic (exact) mass is 694 g/mol. The van der Waals surface area contributed by atoms with E-state index in [4.69, 9.17) is 10.8 Å². The Morgan fingerprint density at radius 1 is 0.939 bits per heavy atom. The van der Waals surface area contributed by atoms with Gasteiger partial charge < -0.3 is 52.2 Å². The van der Waals surface area contributed by atoms with Crippen LogP contribution in [0.2, 0.25) is 0 Å². The van der Waals surface area contributed by atoms with Gasteiger partial charge in [0.05, 0.1) is 18.5 Å². The highest BCUT2D eigenvalue weighted by atomic mass is 16.4. The third-order valence-corrected chi connectivity index (χ3v) is 8.12. The van der Waals surface area contributed by atoms with Crippen molar-refractivity contribution in [3.63, 3.8) is 0 Å². The summed E-state index contributed by atoms with van der Waals surface area (Å²) in [5.74, 6) is -6.71. The SMILES string of the molecule is CC(C)CC(NC(=O)C(Cc1cnc[nH]1)NC(=O)C(N)C(C)C)C(=O)NC(C(=O)N1CCCC1C(=O)NC(CCC(=O)O)C(=O)O)C(C)O. The molecule has 1 saturated heterocycles. The molecule has 10 N–H and O–H groups in total. The fraction of sp³-hybridized carbons (Fsp3) is 0.677. The van der Waals surface area contributed by atoms with Crippen LogP contribution < -0.4 is 27.0 Å². The average Bonchev–Trinajstić information content (AvgIpc) is 3.72. The Labute approximate surface area is 284 Å². The van der Waals surface area contributed by atoms with Gasteiger partial charge in [0.25, 0.3) is 0 Å². The van der Waals surface area contributed by atoms with Crippen molar-refractivity contribution in [2.45, 2.75) is 115 Å². The number of nitrogens with two attached hydrogens (primary N) is 1. The summed E-state index contributed by atoms with van der Waals surface area (Å²) in [6, 6.07) is -7.43. The lowest BCUT2D eigenvalue weighted by molar-refractivity contribution is -0.146. The third-order valence-electron chi connectivity index (χ3n) is 8.12. The number of rotatable bonds is 19. The van der Waals surface area contributed by atoms with Crippen molar-refractivity contribution in [1.29, 1.82) is 0 Å². The molecule has 0 spiro atoms. The van der Waals surface area contributed by atoms with Gasteiger partial charge in [-0.25, -0.2) is 9.78 Å². The molecule has 5 amide bonds. The molecule has 2 rings (SSSR count). The van der Waals surface area contributed by atoms with Crippen molar-refractivity contribution in [1.82, 2.24) is 36.1 Å². The molecule has 1 aromatic heterocycles. The molecule has 0 aliphatic carbocycles. The van der Waals surface area contributed by atoms with Gasteiger partial charge in [-0.15, -0.1) is 0 Å². The van der Waals surface area contributed by atoms with E-state index >= 15 is 0 Å². The number of carboxylic acids is 2. The largest absolute Gasteiger partial charge is 0.481 e. The molecule has 1 fully saturated rings. The zero-order valence-electron chi connectivity index (χ0n) is 28.5. The maximum atomic E-state index is 13.7. The molecule has 1 aromatic rings. The minimum atomic E-state index is -1.54. The van der Waals surface area contributed by atoms with E-state index in [1.807, 2.05) is 13.8 Å². The van der Waals surface area contributed by atoms with Gasteiger partial charge in [-0.2, -0.15) is 0 Å². The lowest BCUT2D eigenvalue weighted by Gasteiger charge is -2.32. The Balaban J connectivity index is 2.24. The number of hydrogen-bond donors (Lipinski definition) is 9. The lowest BCUT2D eigenvalue weighted by Crippen LogP contribution is -2.61. The second-order valence-corrected chi connectivity index (χ2v) is 13.1. The molecule has 274 valence electrons. The highest BCUT2D eigenvalue weighted by molar-refractivity contribution is 5.97. The van der Waals surface area contributed by atoms with Crippen molar-refractivity contribution < 1.29 is 48.9 Å². The molecule has 7 unspecified atom stereocenters. The average molecular weight is 695 g/mol. The molecule has 1 aliphatic heterocycles. The van der Waals surface area contributed by atoms with E-state index in [0.717, 1.165) is 4.90 Å². The van der Waals surface area contributed by atoms with Crippen molar-refractivity contribution in [2.24, 2.45) is 17.6 Å². The number of carboxylic acid groups (broad SMARTS) is 2. The summed E-state index contributed by atoms with van der Waals surface area (Å²) in [5, 5.41) is 39.0. The maximum Gasteiger partial charge on any atom is 0.326 e. The topological polar surface area (TPSA) is 286 Å². The Morgan fingerprint density at radius 2 is 1.57 bits per heavy atom. The Bertz CT molecular complexity index is 1320. The number of imidazole rings is 1. The van der Waals surface area contributed by atoms with Crippen LogP contribution >= 0.6 is 0 Å². The summed E-state index contributed by atoms with van der Waals surface area (Å²) in [7, 11) is 0. The third kappa shape index (κ3) is 12.4. The van der Waals surface area contributed by atoms with Crippen LogP contribution in [-0.4, -0.2) is 121 Å². The standard InChI is InChI=1S/C31H50N8O10/c1-15(2)11-20(36-26(43)21(12-18-13-33-14-34-18)37-29(46)24(32)16(3)4)27(44)38-25(17(5)40)30(47)39-10-6-7-22(39)28(45)35-19(31(48)49)8-9-23(41)42/h13-17,19-22,24-25,40H,6-12,32H2,1-5H3,(H,33,34)(H,35,45)(H,36,43)(H,37,46)(H,38,44)(H,41,42)(H,48,49). The van der Waals surface area contributed by atoms with E-state index in [2.05, 4.69) is 31.2 Å². The first-order valence-corrected chi connectivity index (χ1v) is 16.3. The number of aliphatic hydroxyl groups is 1. The van der Waals surface area contributed by atoms with Crippen LogP contribution in [0.5, 0.6) is 0 Å². The number of carbonyl (C=O) groups is 7. The highest BCUT2D eigenvalue weighted by Gasteiger charge is 2.41. The van der Waals surface area contributed by atoms with Crippen LogP contribution in [0.4, 0.5) is 0 Å². The second-order valence-electron chi connectivity index (χ2n) is 13.1. The van der Waals surface area contributed by atoms with Crippen LogP contribution in [0, 0.1) is 11.8 Å². The number of carbonyl (C=O) groups excluding carboxylic acids is 5. The van der Waals surface area contributed by atoms with Crippen molar-refractivity contribution in [3.8, 4) is 0 Å². The minimum absolute atomic E-state index is 0.00461. The van der Waals surface area contributed by atoms with Gasteiger partial charge in [-0.3, -0.25) is 28.8 Å². The maximum absolute atomic E-state index is 13.7. The van der Waals surface area contributed by atoms with Crippen LogP contribution in [0.15, 0.2) is 12.5 Å². The van der Waals surface area contributed by atoms with E-state index < -0.39 is 90.3 Å². The molecule has 0 bridgehead atoms. The molecule has 0 radical (unpaired) electrons. The number of aromatic amines is 1. The fourth-order valence-electron chi connectivity index (χ4n) is 5.29. The van der Waals surface area contributed by atoms with Crippen LogP contribution in [-0.2, 0) is 40.0 Å². The molecular weight excluding hydrogens is 644 g/mol. The van der Waals surface area contributed by atoms with E-state index in [9.17, 15) is 43.8 Å². The van der Waals surface area contributed by atoms with E-state index in [0.29, 0.717) is 12.1 Å². The smallest absolute Gasteiger partial charge is 0.326 e. The summed E-state index contributed by atoms with van der Waals surface area (Å²) < 4.78 is 0. The molecule has 0 aromatic carbocycles. The number of aliphatic hydroxyl groups excluding tert-OH is 1. The number of hydrogen-bond acceptors (Lipinski definition) is 10. The molecule has 7 atom stereocenters. The van der Waals surface area contributed by atoms with Gasteiger partial charge in [-0.1, -0.05) is 27.7 Å². The first kappa shape index (κ1) is 40.6. The Hall–Kier alpha value is -4.58. The van der Waals surface area contributed by atoms with Crippen molar-refractivity contribution in [3.05, 3.63) is 18.2 Å². The summed E-state index contributed by atoms with van der Waals surface area (Å²) in [5.41, 5.74) is 6.52. The number of nitrogens with one attached hydrogen (secondary N) is 5. The molecule has 0 saturated carbocycles. The van der Waals surface area contributed by atoms with Gasteiger partial charge >= 0.3 is 11.9 Å². The number of likely N-dealkylation sites (tertiary alicyclic amines) is 1. The van der Waals surface area contributed by atoms with Crippen LogP contribution in [0.3, 0.4) is 0 Å². The molecule has 18 heteroatoms. The van der Waals surface area contributed by atoms with E-state index in [1.54, 1.807) is 13.8 Å². The first-order chi connectivity index (χ1) is 22.9. The van der Waals surface area contributed by atoms with E-state index in [1.165, 1.54) is 19.4 Å². The van der Waals surface area contributed by atoms with Gasteiger partial charge in [0, 0.05) is 31.3 Å². The number of aromatic nitrogens is 2. The van der Waals surface area contributed by atoms with Gasteiger partial charge in [0.15, 0.2) is 0 Å². The normalized spacial score (nSPS) is 18.1. The number of nitrogens with zero attached hydrogens (tertiary/aromatic N) is 2.